The number of halogens is 1. The molecule has 8 nitrogen and oxygen atoms in total. The van der Waals surface area contributed by atoms with Crippen LogP contribution in [0.1, 0.15) is 35.7 Å². The molecule has 0 saturated heterocycles. The first-order chi connectivity index (χ1) is 15.2. The zero-order chi connectivity index (χ0) is 22.9. The molecule has 32 heavy (non-hydrogen) atoms. The molecule has 2 N–H and O–H groups in total. The van der Waals surface area contributed by atoms with E-state index >= 15 is 0 Å². The number of nitrogens with one attached hydrogen (secondary N) is 1. The third kappa shape index (κ3) is 2.52. The van der Waals surface area contributed by atoms with Crippen molar-refractivity contribution < 1.29 is 19.0 Å². The zero-order valence-electron chi connectivity index (χ0n) is 17.9. The van der Waals surface area contributed by atoms with Crippen LogP contribution in [0.5, 0.6) is 0 Å². The number of hydrogen-bond acceptors (Lipinski definition) is 6. The van der Waals surface area contributed by atoms with E-state index in [0.29, 0.717) is 29.0 Å². The quantitative estimate of drug-likeness (QED) is 0.466. The topological polar surface area (TPSA) is 103 Å². The summed E-state index contributed by atoms with van der Waals surface area (Å²) >= 11 is 0. The molecule has 0 amide bonds. The van der Waals surface area contributed by atoms with Crippen molar-refractivity contribution in [3.63, 3.8) is 0 Å². The average molecular weight is 439 g/mol. The number of rotatable bonds is 3. The summed E-state index contributed by atoms with van der Waals surface area (Å²) in [6.45, 7) is 1.90. The van der Waals surface area contributed by atoms with E-state index in [0.717, 1.165) is 0 Å². The van der Waals surface area contributed by atoms with Gasteiger partial charge in [0.1, 0.15) is 12.4 Å². The largest absolute Gasteiger partial charge is 0.458 e. The standard InChI is InChI=1S/C23H22FN3O5/c1-4-23(31)15-7-16-18-17(9-27(16)21(29)14(15)10-32-22(23)30)26(3)19-11(8-25-2)5-12(24)6-13(19)20(18)28/h5-7,25,31H,4,8-10H2,1-3H3/t23-/m0/s1. The molecule has 0 saturated carbocycles. The molecule has 0 aliphatic carbocycles. The molecule has 166 valence electrons. The van der Waals surface area contributed by atoms with Crippen LogP contribution >= 0.6 is 0 Å². The molecule has 1 atom stereocenters. The van der Waals surface area contributed by atoms with Crippen molar-refractivity contribution in [2.24, 2.45) is 7.05 Å². The van der Waals surface area contributed by atoms with Crippen LogP contribution in [0.15, 0.2) is 27.8 Å². The summed E-state index contributed by atoms with van der Waals surface area (Å²) in [5, 5.41) is 14.2. The van der Waals surface area contributed by atoms with E-state index in [1.54, 1.807) is 21.0 Å². The van der Waals surface area contributed by atoms with Crippen molar-refractivity contribution >= 4 is 16.9 Å². The molecular weight excluding hydrogens is 417 g/mol. The van der Waals surface area contributed by atoms with E-state index in [1.807, 2.05) is 4.57 Å². The number of aryl methyl sites for hydroxylation is 1. The lowest BCUT2D eigenvalue weighted by atomic mass is 9.85. The van der Waals surface area contributed by atoms with Crippen LogP contribution < -0.4 is 16.3 Å². The number of aromatic nitrogens is 2. The highest BCUT2D eigenvalue weighted by atomic mass is 19.1. The predicted molar refractivity (Wildman–Crippen MR) is 115 cm³/mol. The number of ether oxygens (including phenoxy) is 1. The smallest absolute Gasteiger partial charge is 0.343 e. The maximum atomic E-state index is 14.3. The average Bonchev–Trinajstić information content (AvgIpc) is 3.15. The van der Waals surface area contributed by atoms with E-state index in [-0.39, 0.29) is 41.6 Å². The fourth-order valence-electron chi connectivity index (χ4n) is 4.98. The Bertz CT molecular complexity index is 1460. The number of benzene rings is 1. The minimum Gasteiger partial charge on any atom is -0.458 e. The summed E-state index contributed by atoms with van der Waals surface area (Å²) in [5.74, 6) is -1.34. The summed E-state index contributed by atoms with van der Waals surface area (Å²) in [4.78, 5) is 39.2. The van der Waals surface area contributed by atoms with Gasteiger partial charge < -0.3 is 24.3 Å². The van der Waals surface area contributed by atoms with E-state index in [2.05, 4.69) is 5.32 Å². The molecule has 3 aromatic rings. The van der Waals surface area contributed by atoms with Crippen molar-refractivity contribution in [3.8, 4) is 11.3 Å². The molecule has 0 bridgehead atoms. The van der Waals surface area contributed by atoms with Crippen molar-refractivity contribution in [1.29, 1.82) is 0 Å². The molecule has 0 unspecified atom stereocenters. The van der Waals surface area contributed by atoms with Gasteiger partial charge in [-0.05, 0) is 37.2 Å². The third-order valence-electron chi connectivity index (χ3n) is 6.63. The number of esters is 1. The first-order valence-corrected chi connectivity index (χ1v) is 10.4. The normalized spacial score (nSPS) is 19.0. The Balaban J connectivity index is 1.88. The molecule has 5 rings (SSSR count). The van der Waals surface area contributed by atoms with Crippen LogP contribution in [0.4, 0.5) is 4.39 Å². The Morgan fingerprint density at radius 1 is 1.25 bits per heavy atom. The monoisotopic (exact) mass is 439 g/mol. The number of aliphatic hydroxyl groups is 1. The maximum Gasteiger partial charge on any atom is 0.343 e. The second-order valence-electron chi connectivity index (χ2n) is 8.30. The van der Waals surface area contributed by atoms with Gasteiger partial charge in [-0.2, -0.15) is 0 Å². The van der Waals surface area contributed by atoms with Crippen LogP contribution in [-0.4, -0.2) is 27.3 Å². The van der Waals surface area contributed by atoms with E-state index in [4.69, 9.17) is 4.74 Å². The minimum absolute atomic E-state index is 0.0168. The summed E-state index contributed by atoms with van der Waals surface area (Å²) in [6, 6.07) is 4.13. The number of hydrogen-bond donors (Lipinski definition) is 2. The fourth-order valence-corrected chi connectivity index (χ4v) is 4.98. The van der Waals surface area contributed by atoms with Gasteiger partial charge in [0.15, 0.2) is 11.0 Å². The molecule has 0 radical (unpaired) electrons. The number of fused-ring (bicyclic) bond motifs is 5. The van der Waals surface area contributed by atoms with Crippen molar-refractivity contribution in [3.05, 3.63) is 67.0 Å². The maximum absolute atomic E-state index is 14.3. The number of nitrogens with zero attached hydrogens (tertiary/aromatic N) is 2. The highest BCUT2D eigenvalue weighted by Crippen LogP contribution is 2.38. The van der Waals surface area contributed by atoms with Crippen molar-refractivity contribution in [2.75, 3.05) is 7.05 Å². The van der Waals surface area contributed by atoms with Gasteiger partial charge in [0.05, 0.1) is 34.6 Å². The lowest BCUT2D eigenvalue weighted by Gasteiger charge is -2.31. The molecule has 0 fully saturated rings. The first kappa shape index (κ1) is 20.6. The first-order valence-electron chi connectivity index (χ1n) is 10.4. The lowest BCUT2D eigenvalue weighted by molar-refractivity contribution is -0.172. The fraction of sp³-hybridized carbons (Fsp3) is 0.348. The highest BCUT2D eigenvalue weighted by molar-refractivity contribution is 5.89. The van der Waals surface area contributed by atoms with E-state index in [9.17, 15) is 23.9 Å². The Labute approximate surface area is 181 Å². The number of pyridine rings is 2. The summed E-state index contributed by atoms with van der Waals surface area (Å²) in [6.07, 6.45) is 0.0168. The van der Waals surface area contributed by atoms with Crippen LogP contribution in [0, 0.1) is 5.82 Å². The number of carbonyl (C=O) groups is 1. The van der Waals surface area contributed by atoms with Crippen LogP contribution in [0.3, 0.4) is 0 Å². The van der Waals surface area contributed by atoms with Gasteiger partial charge in [0.2, 0.25) is 0 Å². The lowest BCUT2D eigenvalue weighted by Crippen LogP contribution is -2.44. The molecule has 2 aliphatic rings. The van der Waals surface area contributed by atoms with Crippen molar-refractivity contribution in [2.45, 2.75) is 38.6 Å². The molecular formula is C23H22FN3O5. The van der Waals surface area contributed by atoms with Gasteiger partial charge in [-0.3, -0.25) is 9.59 Å². The second-order valence-corrected chi connectivity index (χ2v) is 8.30. The Morgan fingerprint density at radius 2 is 2.00 bits per heavy atom. The van der Waals surface area contributed by atoms with Crippen molar-refractivity contribution in [1.82, 2.24) is 14.5 Å². The van der Waals surface area contributed by atoms with Gasteiger partial charge in [-0.1, -0.05) is 6.92 Å². The van der Waals surface area contributed by atoms with Gasteiger partial charge >= 0.3 is 5.97 Å². The van der Waals surface area contributed by atoms with Gasteiger partial charge in [-0.15, -0.1) is 0 Å². The molecule has 1 aromatic carbocycles. The summed E-state index contributed by atoms with van der Waals surface area (Å²) in [5.41, 5.74) is 0.0188. The Kier molecular flexibility index (Phi) is 4.41. The molecule has 0 spiro atoms. The van der Waals surface area contributed by atoms with E-state index < -0.39 is 28.4 Å². The Morgan fingerprint density at radius 3 is 2.69 bits per heavy atom. The van der Waals surface area contributed by atoms with E-state index in [1.165, 1.54) is 22.8 Å². The summed E-state index contributed by atoms with van der Waals surface area (Å²) < 4.78 is 22.7. The van der Waals surface area contributed by atoms with Gasteiger partial charge in [0.25, 0.3) is 5.56 Å². The van der Waals surface area contributed by atoms with Crippen LogP contribution in [0.2, 0.25) is 0 Å². The van der Waals surface area contributed by atoms with Crippen LogP contribution in [-0.2, 0) is 41.9 Å². The Hall–Kier alpha value is -3.30. The SMILES string of the molecule is CC[C@@]1(O)C(=O)OCc2c1cc1n(c2=O)Cc2c-1c(=O)c1cc(F)cc(CNC)c1n2C. The van der Waals surface area contributed by atoms with Gasteiger partial charge in [0, 0.05) is 24.5 Å². The predicted octanol–water partition coefficient (Wildman–Crippen LogP) is 1.24. The van der Waals surface area contributed by atoms with Gasteiger partial charge in [-0.25, -0.2) is 9.18 Å². The molecule has 4 heterocycles. The molecule has 9 heteroatoms. The number of cyclic esters (lactones) is 1. The van der Waals surface area contributed by atoms with Crippen LogP contribution in [0.25, 0.3) is 22.2 Å². The third-order valence-corrected chi connectivity index (χ3v) is 6.63. The highest BCUT2D eigenvalue weighted by Gasteiger charge is 2.45. The molecule has 2 aliphatic heterocycles. The second kappa shape index (κ2) is 6.85. The molecule has 2 aromatic heterocycles. The summed E-state index contributed by atoms with van der Waals surface area (Å²) in [7, 11) is 3.52. The number of carbonyl (C=O) groups excluding carboxylic acids is 1. The zero-order valence-corrected chi connectivity index (χ0v) is 17.9. The minimum atomic E-state index is -1.96.